The molecule has 0 radical (unpaired) electrons. The molecule has 0 aliphatic carbocycles. The largest absolute Gasteiger partial charge is 0.493 e. The molecular weight excluding hydrogens is 432 g/mol. The maximum atomic E-state index is 12.7. The maximum Gasteiger partial charge on any atom is 0.255 e. The first-order valence-electron chi connectivity index (χ1n) is 11.1. The summed E-state index contributed by atoms with van der Waals surface area (Å²) in [5.74, 6) is 1.65. The highest BCUT2D eigenvalue weighted by Gasteiger charge is 2.23. The van der Waals surface area contributed by atoms with Crippen LogP contribution in [-0.4, -0.2) is 62.1 Å². The lowest BCUT2D eigenvalue weighted by Crippen LogP contribution is -2.49. The lowest BCUT2D eigenvalue weighted by Gasteiger charge is -2.35. The Morgan fingerprint density at radius 1 is 0.853 bits per heavy atom. The minimum absolute atomic E-state index is 0.0563. The first-order chi connectivity index (χ1) is 16.5. The maximum absolute atomic E-state index is 12.7. The SMILES string of the molecule is COc1ccc(C(=O)Nc2ccc(N3CCN(C(=O)c4ccc(C)cc4)CC3)nc2)cc1OC. The molecule has 8 nitrogen and oxygen atoms in total. The van der Waals surface area contributed by atoms with Crippen LogP contribution in [0, 0.1) is 6.92 Å². The van der Waals surface area contributed by atoms with Crippen molar-refractivity contribution >= 4 is 23.3 Å². The molecule has 0 unspecified atom stereocenters. The molecule has 1 aromatic heterocycles. The van der Waals surface area contributed by atoms with Crippen LogP contribution in [0.25, 0.3) is 0 Å². The molecule has 4 rings (SSSR count). The number of anilines is 2. The molecule has 1 N–H and O–H groups in total. The van der Waals surface area contributed by atoms with E-state index >= 15 is 0 Å². The molecule has 0 atom stereocenters. The molecule has 34 heavy (non-hydrogen) atoms. The minimum atomic E-state index is -0.265. The molecule has 1 aliphatic rings. The molecule has 8 heteroatoms. The third-order valence-corrected chi connectivity index (χ3v) is 5.84. The molecule has 1 saturated heterocycles. The molecule has 176 valence electrons. The lowest BCUT2D eigenvalue weighted by molar-refractivity contribution is 0.0746. The number of carbonyl (C=O) groups is 2. The highest BCUT2D eigenvalue weighted by Crippen LogP contribution is 2.28. The van der Waals surface area contributed by atoms with Gasteiger partial charge in [0.15, 0.2) is 11.5 Å². The summed E-state index contributed by atoms with van der Waals surface area (Å²) in [6.45, 7) is 4.66. The Balaban J connectivity index is 1.34. The van der Waals surface area contributed by atoms with Crippen LogP contribution in [0.5, 0.6) is 11.5 Å². The van der Waals surface area contributed by atoms with Crippen LogP contribution in [-0.2, 0) is 0 Å². The van der Waals surface area contributed by atoms with E-state index in [-0.39, 0.29) is 11.8 Å². The number of pyridine rings is 1. The molecule has 2 heterocycles. The number of carbonyl (C=O) groups excluding carboxylic acids is 2. The van der Waals surface area contributed by atoms with Gasteiger partial charge in [-0.15, -0.1) is 0 Å². The lowest BCUT2D eigenvalue weighted by atomic mass is 10.1. The van der Waals surface area contributed by atoms with Gasteiger partial charge in [-0.3, -0.25) is 9.59 Å². The number of aromatic nitrogens is 1. The van der Waals surface area contributed by atoms with Gasteiger partial charge in [0, 0.05) is 37.3 Å². The summed E-state index contributed by atoms with van der Waals surface area (Å²) in [5, 5.41) is 2.85. The quantitative estimate of drug-likeness (QED) is 0.605. The number of nitrogens with zero attached hydrogens (tertiary/aromatic N) is 3. The third kappa shape index (κ3) is 5.11. The molecule has 1 fully saturated rings. The summed E-state index contributed by atoms with van der Waals surface area (Å²) < 4.78 is 10.5. The van der Waals surface area contributed by atoms with E-state index in [1.54, 1.807) is 31.5 Å². The molecule has 2 amide bonds. The van der Waals surface area contributed by atoms with E-state index in [0.717, 1.165) is 11.4 Å². The molecule has 1 aliphatic heterocycles. The Bertz CT molecular complexity index is 1150. The van der Waals surface area contributed by atoms with Crippen molar-refractivity contribution in [3.8, 4) is 11.5 Å². The zero-order chi connectivity index (χ0) is 24.1. The number of piperazine rings is 1. The van der Waals surface area contributed by atoms with Gasteiger partial charge in [-0.25, -0.2) is 4.98 Å². The van der Waals surface area contributed by atoms with Crippen molar-refractivity contribution in [2.75, 3.05) is 50.6 Å². The van der Waals surface area contributed by atoms with Gasteiger partial charge in [0.25, 0.3) is 11.8 Å². The Labute approximate surface area is 199 Å². The number of ether oxygens (including phenoxy) is 2. The van der Waals surface area contributed by atoms with Crippen LogP contribution >= 0.6 is 0 Å². The van der Waals surface area contributed by atoms with E-state index in [0.29, 0.717) is 54.5 Å². The summed E-state index contributed by atoms with van der Waals surface area (Å²) in [7, 11) is 3.08. The number of benzene rings is 2. The summed E-state index contributed by atoms with van der Waals surface area (Å²) in [4.78, 5) is 33.9. The number of nitrogens with one attached hydrogen (secondary N) is 1. The van der Waals surface area contributed by atoms with E-state index in [1.165, 1.54) is 7.11 Å². The Kier molecular flexibility index (Phi) is 6.96. The molecule has 2 aromatic carbocycles. The van der Waals surface area contributed by atoms with Gasteiger partial charge in [-0.2, -0.15) is 0 Å². The molecule has 3 aromatic rings. The molecule has 0 bridgehead atoms. The second kappa shape index (κ2) is 10.2. The topological polar surface area (TPSA) is 84.0 Å². The van der Waals surface area contributed by atoms with Crippen molar-refractivity contribution in [2.24, 2.45) is 0 Å². The Morgan fingerprint density at radius 3 is 2.15 bits per heavy atom. The average molecular weight is 461 g/mol. The van der Waals surface area contributed by atoms with E-state index in [4.69, 9.17) is 9.47 Å². The van der Waals surface area contributed by atoms with E-state index in [9.17, 15) is 9.59 Å². The first-order valence-corrected chi connectivity index (χ1v) is 11.1. The van der Waals surface area contributed by atoms with Crippen molar-refractivity contribution in [3.63, 3.8) is 0 Å². The van der Waals surface area contributed by atoms with Crippen LogP contribution in [0.1, 0.15) is 26.3 Å². The smallest absolute Gasteiger partial charge is 0.255 e. The van der Waals surface area contributed by atoms with Gasteiger partial charge in [0.1, 0.15) is 5.82 Å². The number of hydrogen-bond donors (Lipinski definition) is 1. The molecule has 0 saturated carbocycles. The van der Waals surface area contributed by atoms with E-state index in [1.807, 2.05) is 48.2 Å². The fraction of sp³-hybridized carbons (Fsp3) is 0.269. The van der Waals surface area contributed by atoms with Gasteiger partial charge in [0.05, 0.1) is 26.1 Å². The second-order valence-corrected chi connectivity index (χ2v) is 8.07. The molecular formula is C26H28N4O4. The second-order valence-electron chi connectivity index (χ2n) is 8.07. The van der Waals surface area contributed by atoms with Gasteiger partial charge in [-0.05, 0) is 49.4 Å². The highest BCUT2D eigenvalue weighted by molar-refractivity contribution is 6.04. The van der Waals surface area contributed by atoms with Crippen LogP contribution in [0.15, 0.2) is 60.8 Å². The Morgan fingerprint density at radius 2 is 1.53 bits per heavy atom. The average Bonchev–Trinajstić information content (AvgIpc) is 2.88. The van der Waals surface area contributed by atoms with Crippen LogP contribution in [0.3, 0.4) is 0 Å². The van der Waals surface area contributed by atoms with Gasteiger partial charge < -0.3 is 24.6 Å². The number of amides is 2. The van der Waals surface area contributed by atoms with Gasteiger partial charge in [-0.1, -0.05) is 17.7 Å². The van der Waals surface area contributed by atoms with Crippen LogP contribution in [0.4, 0.5) is 11.5 Å². The van der Waals surface area contributed by atoms with Crippen LogP contribution < -0.4 is 19.7 Å². The summed E-state index contributed by atoms with van der Waals surface area (Å²) in [6, 6.07) is 16.4. The summed E-state index contributed by atoms with van der Waals surface area (Å²) >= 11 is 0. The monoisotopic (exact) mass is 460 g/mol. The number of aryl methyl sites for hydroxylation is 1. The summed E-state index contributed by atoms with van der Waals surface area (Å²) in [6.07, 6.45) is 1.64. The molecule has 0 spiro atoms. The Hall–Kier alpha value is -4.07. The fourth-order valence-electron chi connectivity index (χ4n) is 3.85. The van der Waals surface area contributed by atoms with Crippen molar-refractivity contribution in [2.45, 2.75) is 6.92 Å². The highest BCUT2D eigenvalue weighted by atomic mass is 16.5. The summed E-state index contributed by atoms with van der Waals surface area (Å²) in [5.41, 5.74) is 2.90. The zero-order valence-corrected chi connectivity index (χ0v) is 19.6. The predicted octanol–water partition coefficient (Wildman–Crippen LogP) is 3.62. The van der Waals surface area contributed by atoms with Gasteiger partial charge in [0.2, 0.25) is 0 Å². The number of rotatable bonds is 6. The third-order valence-electron chi connectivity index (χ3n) is 5.84. The zero-order valence-electron chi connectivity index (χ0n) is 19.6. The standard InChI is InChI=1S/C26H28N4O4/c1-18-4-6-19(7-5-18)26(32)30-14-12-29(13-15-30)24-11-9-21(17-27-24)28-25(31)20-8-10-22(33-2)23(16-20)34-3/h4-11,16-17H,12-15H2,1-3H3,(H,28,31). The van der Waals surface area contributed by atoms with Crippen molar-refractivity contribution in [1.29, 1.82) is 0 Å². The predicted molar refractivity (Wildman–Crippen MR) is 131 cm³/mol. The number of hydrogen-bond acceptors (Lipinski definition) is 6. The normalized spacial score (nSPS) is 13.4. The number of methoxy groups -OCH3 is 2. The van der Waals surface area contributed by atoms with E-state index in [2.05, 4.69) is 15.2 Å². The first kappa shape index (κ1) is 23.1. The van der Waals surface area contributed by atoms with Crippen LogP contribution in [0.2, 0.25) is 0 Å². The van der Waals surface area contributed by atoms with E-state index < -0.39 is 0 Å². The fourth-order valence-corrected chi connectivity index (χ4v) is 3.85. The van der Waals surface area contributed by atoms with Crippen molar-refractivity contribution in [3.05, 3.63) is 77.5 Å². The van der Waals surface area contributed by atoms with Crippen molar-refractivity contribution in [1.82, 2.24) is 9.88 Å². The van der Waals surface area contributed by atoms with Crippen molar-refractivity contribution < 1.29 is 19.1 Å². The minimum Gasteiger partial charge on any atom is -0.493 e. The van der Waals surface area contributed by atoms with Gasteiger partial charge >= 0.3 is 0 Å².